The molecule has 0 saturated heterocycles. The van der Waals surface area contributed by atoms with Crippen molar-refractivity contribution in [1.29, 1.82) is 0 Å². The molecule has 7 rings (SSSR count). The Hall–Kier alpha value is -5.75. The van der Waals surface area contributed by atoms with Gasteiger partial charge in [-0.15, -0.1) is 0 Å². The first-order valence-electron chi connectivity index (χ1n) is 17.1. The Morgan fingerprint density at radius 3 is 1.93 bits per heavy atom. The molecule has 3 aromatic carbocycles. The molecular weight excluding hydrogens is 765 g/mol. The first-order chi connectivity index (χ1) is 26.0. The van der Waals surface area contributed by atoms with Crippen molar-refractivity contribution in [1.82, 2.24) is 9.97 Å². The van der Waals surface area contributed by atoms with Crippen LogP contribution in [-0.4, -0.2) is 39.2 Å². The van der Waals surface area contributed by atoms with E-state index in [1.807, 2.05) is 6.07 Å². The number of carboxylic acid groups (broad SMARTS) is 1. The Labute approximate surface area is 317 Å². The number of ether oxygens (including phenoxy) is 2. The van der Waals surface area contributed by atoms with Crippen LogP contribution < -0.4 is 4.74 Å². The highest BCUT2D eigenvalue weighted by Crippen LogP contribution is 2.44. The van der Waals surface area contributed by atoms with Gasteiger partial charge in [-0.1, -0.05) is 34.1 Å². The molecule has 0 aliphatic heterocycles. The minimum absolute atomic E-state index is 0.00684. The number of phenolic OH excluding ortho intramolecular Hbond substituents is 1. The van der Waals surface area contributed by atoms with Crippen LogP contribution in [0.4, 0.5) is 13.2 Å². The Bertz CT molecular complexity index is 2310. The van der Waals surface area contributed by atoms with Gasteiger partial charge in [0.2, 0.25) is 0 Å². The fourth-order valence-electron chi connectivity index (χ4n) is 6.60. The van der Waals surface area contributed by atoms with Gasteiger partial charge in [0.15, 0.2) is 0 Å². The molecule has 0 spiro atoms. The number of halogens is 4. The summed E-state index contributed by atoms with van der Waals surface area (Å²) < 4.78 is 53.1. The molecule has 54 heavy (non-hydrogen) atoms. The van der Waals surface area contributed by atoms with Crippen molar-refractivity contribution >= 4 is 50.2 Å². The van der Waals surface area contributed by atoms with Gasteiger partial charge in [0.05, 0.1) is 18.5 Å². The van der Waals surface area contributed by atoms with Crippen LogP contribution in [0.3, 0.4) is 0 Å². The summed E-state index contributed by atoms with van der Waals surface area (Å²) >= 11 is 3.23. The molecule has 5 aromatic rings. The largest absolute Gasteiger partial charge is 0.507 e. The summed E-state index contributed by atoms with van der Waals surface area (Å²) in [6.45, 7) is -0.00684. The van der Waals surface area contributed by atoms with Gasteiger partial charge in [0.25, 0.3) is 0 Å². The third kappa shape index (κ3) is 8.71. The zero-order valence-corrected chi connectivity index (χ0v) is 30.6. The van der Waals surface area contributed by atoms with Gasteiger partial charge in [-0.25, -0.2) is 32.7 Å². The molecule has 12 heteroatoms. The van der Waals surface area contributed by atoms with Crippen LogP contribution >= 0.6 is 15.9 Å². The molecule has 8 nitrogen and oxygen atoms in total. The van der Waals surface area contributed by atoms with Crippen LogP contribution in [0.15, 0.2) is 95.5 Å². The lowest BCUT2D eigenvalue weighted by molar-refractivity contribution is 0.0593. The van der Waals surface area contributed by atoms with Crippen molar-refractivity contribution in [2.24, 2.45) is 0 Å². The number of nitrogens with zero attached hydrogens (tertiary/aromatic N) is 2. The highest BCUT2D eigenvalue weighted by atomic mass is 79.9. The first kappa shape index (κ1) is 38.0. The van der Waals surface area contributed by atoms with Gasteiger partial charge in [-0.2, -0.15) is 0 Å². The van der Waals surface area contributed by atoms with Crippen molar-refractivity contribution in [2.75, 3.05) is 7.11 Å². The molecule has 2 heterocycles. The molecule has 0 atom stereocenters. The Morgan fingerprint density at radius 1 is 0.722 bits per heavy atom. The topological polar surface area (TPSA) is 119 Å². The maximum absolute atomic E-state index is 14.2. The van der Waals surface area contributed by atoms with E-state index in [9.17, 15) is 33.0 Å². The first-order valence-corrected chi connectivity index (χ1v) is 17.9. The number of benzene rings is 3. The van der Waals surface area contributed by atoms with E-state index in [0.29, 0.717) is 51.1 Å². The van der Waals surface area contributed by atoms with Crippen molar-refractivity contribution in [2.45, 2.75) is 45.1 Å². The van der Waals surface area contributed by atoms with E-state index >= 15 is 0 Å². The van der Waals surface area contributed by atoms with Gasteiger partial charge in [0, 0.05) is 21.2 Å². The molecule has 0 fully saturated rings. The summed E-state index contributed by atoms with van der Waals surface area (Å²) in [5.74, 6) is -2.32. The number of carboxylic acids is 1. The summed E-state index contributed by atoms with van der Waals surface area (Å²) in [5, 5.41) is 19.3. The van der Waals surface area contributed by atoms with E-state index in [4.69, 9.17) is 9.47 Å². The van der Waals surface area contributed by atoms with Crippen molar-refractivity contribution in [3.05, 3.63) is 152 Å². The molecule has 0 unspecified atom stereocenters. The van der Waals surface area contributed by atoms with Crippen LogP contribution in [-0.2, 0) is 11.3 Å². The summed E-state index contributed by atoms with van der Waals surface area (Å²) in [5.41, 5.74) is 6.38. The van der Waals surface area contributed by atoms with E-state index in [1.54, 1.807) is 36.4 Å². The SMILES string of the molecule is COC(=O)c1cccc(C2=C(c3cc(F)ccc3O)CCC2)n1.O=C(O)c1cccc(C2=C(c3cc(F)ccc3OCc3ccc(Br)cc3F)CCC2)n1. The number of aromatic carboxylic acids is 1. The lowest BCUT2D eigenvalue weighted by atomic mass is 9.98. The highest BCUT2D eigenvalue weighted by Gasteiger charge is 2.24. The monoisotopic (exact) mass is 798 g/mol. The third-order valence-corrected chi connectivity index (χ3v) is 9.61. The number of methoxy groups -OCH3 is 1. The van der Waals surface area contributed by atoms with Crippen LogP contribution in [0.1, 0.15) is 87.6 Å². The van der Waals surface area contributed by atoms with Crippen LogP contribution in [0.5, 0.6) is 11.5 Å². The summed E-state index contributed by atoms with van der Waals surface area (Å²) in [6.07, 6.45) is 4.61. The van der Waals surface area contributed by atoms with Crippen molar-refractivity contribution in [3.8, 4) is 11.5 Å². The quantitative estimate of drug-likeness (QED) is 0.142. The fourth-order valence-corrected chi connectivity index (χ4v) is 6.93. The second-order valence-corrected chi connectivity index (χ2v) is 13.5. The number of rotatable bonds is 9. The van der Waals surface area contributed by atoms with Crippen LogP contribution in [0.2, 0.25) is 0 Å². The molecule has 2 N–H and O–H groups in total. The van der Waals surface area contributed by atoms with Gasteiger partial charge in [-0.05, 0) is 134 Å². The molecule has 2 aliphatic rings. The average Bonchev–Trinajstić information content (AvgIpc) is 3.87. The number of allylic oxidation sites excluding steroid dienone is 4. The fraction of sp³-hybridized carbons (Fsp3) is 0.190. The van der Waals surface area contributed by atoms with Gasteiger partial charge < -0.3 is 19.7 Å². The number of esters is 1. The van der Waals surface area contributed by atoms with Gasteiger partial charge in [-0.3, -0.25) is 0 Å². The van der Waals surface area contributed by atoms with Crippen molar-refractivity contribution < 1.29 is 42.4 Å². The number of aromatic nitrogens is 2. The molecule has 0 radical (unpaired) electrons. The minimum Gasteiger partial charge on any atom is -0.507 e. The van der Waals surface area contributed by atoms with E-state index in [0.717, 1.165) is 48.0 Å². The normalized spacial score (nSPS) is 13.8. The number of phenols is 1. The smallest absolute Gasteiger partial charge is 0.356 e. The second-order valence-electron chi connectivity index (χ2n) is 12.6. The maximum atomic E-state index is 14.2. The summed E-state index contributed by atoms with van der Waals surface area (Å²) in [4.78, 5) is 31.5. The summed E-state index contributed by atoms with van der Waals surface area (Å²) in [6, 6.07) is 22.8. The zero-order chi connectivity index (χ0) is 38.4. The van der Waals surface area contributed by atoms with Gasteiger partial charge in [0.1, 0.15) is 46.9 Å². The average molecular weight is 800 g/mol. The molecular formula is C42H34BrF3N2O6. The number of hydrogen-bond acceptors (Lipinski definition) is 7. The predicted molar refractivity (Wildman–Crippen MR) is 201 cm³/mol. The predicted octanol–water partition coefficient (Wildman–Crippen LogP) is 10.3. The minimum atomic E-state index is -1.10. The number of aromatic hydroxyl groups is 1. The Balaban J connectivity index is 0.000000193. The molecule has 0 saturated carbocycles. The highest BCUT2D eigenvalue weighted by molar-refractivity contribution is 9.10. The van der Waals surface area contributed by atoms with E-state index < -0.39 is 29.4 Å². The number of pyridine rings is 2. The second kappa shape index (κ2) is 16.9. The molecule has 2 aromatic heterocycles. The lowest BCUT2D eigenvalue weighted by Crippen LogP contribution is -2.05. The van der Waals surface area contributed by atoms with Gasteiger partial charge >= 0.3 is 11.9 Å². The standard InChI is InChI=1S/C24H18BrF2NO3.C18H16FNO3/c25-15-8-7-14(20(27)11-15)13-31-23-10-9-16(26)12-19(23)17-3-1-4-18(17)21-5-2-6-22(28-21)24(29)30;1-23-18(22)16-7-3-6-15(20-16)13-5-2-4-12(13)14-10-11(19)8-9-17(14)21/h2,5-12H,1,3-4,13H2,(H,29,30);3,6-10,21H,2,4-5H2,1H3. The van der Waals surface area contributed by atoms with E-state index in [1.165, 1.54) is 55.6 Å². The number of hydrogen-bond donors (Lipinski definition) is 2. The van der Waals surface area contributed by atoms with Crippen LogP contribution in [0, 0.1) is 17.5 Å². The van der Waals surface area contributed by atoms with E-state index in [-0.39, 0.29) is 23.7 Å². The molecule has 276 valence electrons. The Kier molecular flexibility index (Phi) is 11.9. The Morgan fingerprint density at radius 2 is 1.30 bits per heavy atom. The van der Waals surface area contributed by atoms with Crippen LogP contribution in [0.25, 0.3) is 22.3 Å². The van der Waals surface area contributed by atoms with Crippen molar-refractivity contribution in [3.63, 3.8) is 0 Å². The molecule has 0 amide bonds. The lowest BCUT2D eigenvalue weighted by Gasteiger charge is -2.15. The zero-order valence-electron chi connectivity index (χ0n) is 29.0. The maximum Gasteiger partial charge on any atom is 0.356 e. The summed E-state index contributed by atoms with van der Waals surface area (Å²) in [7, 11) is 1.31. The van der Waals surface area contributed by atoms with E-state index in [2.05, 4.69) is 25.9 Å². The molecule has 0 bridgehead atoms. The number of carbonyl (C=O) groups is 2. The molecule has 2 aliphatic carbocycles. The third-order valence-electron chi connectivity index (χ3n) is 9.11. The number of carbonyl (C=O) groups excluding carboxylic acids is 1.